The van der Waals surface area contributed by atoms with Gasteiger partial charge in [0.05, 0.1) is 11.8 Å². The van der Waals surface area contributed by atoms with Crippen molar-refractivity contribution in [2.45, 2.75) is 26.9 Å². The Labute approximate surface area is 82.2 Å². The number of fused-ring (bicyclic) bond motifs is 1. The molecule has 0 spiro atoms. The molecule has 1 N–H and O–H groups in total. The fraction of sp³-hybridized carbons (Fsp3) is 0.400. The summed E-state index contributed by atoms with van der Waals surface area (Å²) in [6.07, 6.45) is 1.20. The van der Waals surface area contributed by atoms with Gasteiger partial charge in [-0.15, -0.1) is 0 Å². The standard InChI is InChI=1S/C10H13N3O/c1-6-4-10-11-5-9(8(3)14)7(2)13(10)12-6/h4-5,8,14H,1-3H3/t8-/m1/s1. The average molecular weight is 191 g/mol. The van der Waals surface area contributed by atoms with Gasteiger partial charge in [-0.1, -0.05) is 0 Å². The minimum atomic E-state index is -0.503. The second-order valence-corrected chi connectivity index (χ2v) is 3.53. The second kappa shape index (κ2) is 3.06. The number of aliphatic hydroxyl groups is 1. The Balaban J connectivity index is 2.74. The van der Waals surface area contributed by atoms with E-state index in [1.54, 1.807) is 17.6 Å². The molecular weight excluding hydrogens is 178 g/mol. The Morgan fingerprint density at radius 2 is 2.14 bits per heavy atom. The normalized spacial score (nSPS) is 13.4. The molecular formula is C10H13N3O. The van der Waals surface area contributed by atoms with E-state index in [1.807, 2.05) is 19.9 Å². The van der Waals surface area contributed by atoms with E-state index in [4.69, 9.17) is 0 Å². The smallest absolute Gasteiger partial charge is 0.155 e. The topological polar surface area (TPSA) is 50.4 Å². The summed E-state index contributed by atoms with van der Waals surface area (Å²) in [5, 5.41) is 13.8. The summed E-state index contributed by atoms with van der Waals surface area (Å²) < 4.78 is 1.76. The van der Waals surface area contributed by atoms with Gasteiger partial charge in [-0.2, -0.15) is 5.10 Å². The number of aromatic nitrogens is 3. The lowest BCUT2D eigenvalue weighted by molar-refractivity contribution is 0.197. The molecule has 4 heteroatoms. The molecule has 14 heavy (non-hydrogen) atoms. The van der Waals surface area contributed by atoms with Crippen molar-refractivity contribution in [3.63, 3.8) is 0 Å². The monoisotopic (exact) mass is 191 g/mol. The van der Waals surface area contributed by atoms with Gasteiger partial charge in [0.15, 0.2) is 5.65 Å². The van der Waals surface area contributed by atoms with Crippen LogP contribution < -0.4 is 0 Å². The molecule has 2 rings (SSSR count). The molecule has 0 aliphatic carbocycles. The number of rotatable bonds is 1. The number of aliphatic hydroxyl groups excluding tert-OH is 1. The molecule has 0 unspecified atom stereocenters. The molecule has 0 amide bonds. The molecule has 0 aliphatic rings. The zero-order chi connectivity index (χ0) is 10.3. The van der Waals surface area contributed by atoms with Crippen molar-refractivity contribution in [3.05, 3.63) is 29.2 Å². The summed E-state index contributed by atoms with van der Waals surface area (Å²) in [6, 6.07) is 1.92. The molecule has 1 atom stereocenters. The van der Waals surface area contributed by atoms with Gasteiger partial charge in [0.1, 0.15) is 0 Å². The molecule has 0 saturated carbocycles. The lowest BCUT2D eigenvalue weighted by atomic mass is 10.1. The quantitative estimate of drug-likeness (QED) is 0.741. The van der Waals surface area contributed by atoms with Crippen LogP contribution in [-0.2, 0) is 0 Å². The van der Waals surface area contributed by atoms with Gasteiger partial charge in [0.2, 0.25) is 0 Å². The maximum Gasteiger partial charge on any atom is 0.155 e. The van der Waals surface area contributed by atoms with E-state index in [0.29, 0.717) is 0 Å². The summed E-state index contributed by atoms with van der Waals surface area (Å²) >= 11 is 0. The predicted molar refractivity (Wildman–Crippen MR) is 53.1 cm³/mol. The highest BCUT2D eigenvalue weighted by atomic mass is 16.3. The van der Waals surface area contributed by atoms with Gasteiger partial charge < -0.3 is 5.11 Å². The summed E-state index contributed by atoms with van der Waals surface area (Å²) in [5.74, 6) is 0. The minimum absolute atomic E-state index is 0.503. The van der Waals surface area contributed by atoms with E-state index < -0.39 is 6.10 Å². The zero-order valence-corrected chi connectivity index (χ0v) is 8.52. The molecule has 0 fully saturated rings. The lowest BCUT2D eigenvalue weighted by Crippen LogP contribution is -2.04. The third kappa shape index (κ3) is 1.28. The fourth-order valence-electron chi connectivity index (χ4n) is 1.59. The molecule has 2 aromatic heterocycles. The van der Waals surface area contributed by atoms with Gasteiger partial charge in [-0.05, 0) is 20.8 Å². The SMILES string of the molecule is Cc1cc2ncc([C@@H](C)O)c(C)n2n1. The maximum absolute atomic E-state index is 9.49. The number of hydrogen-bond donors (Lipinski definition) is 1. The van der Waals surface area contributed by atoms with Crippen molar-refractivity contribution in [1.29, 1.82) is 0 Å². The van der Waals surface area contributed by atoms with Crippen LogP contribution in [0.2, 0.25) is 0 Å². The number of nitrogens with zero attached hydrogens (tertiary/aromatic N) is 3. The van der Waals surface area contributed by atoms with Gasteiger partial charge in [0, 0.05) is 23.5 Å². The van der Waals surface area contributed by atoms with Gasteiger partial charge in [-0.3, -0.25) is 0 Å². The van der Waals surface area contributed by atoms with Crippen LogP contribution >= 0.6 is 0 Å². The summed E-state index contributed by atoms with van der Waals surface area (Å²) in [5.41, 5.74) is 3.52. The van der Waals surface area contributed by atoms with Crippen LogP contribution in [0, 0.1) is 13.8 Å². The molecule has 2 aromatic rings. The Morgan fingerprint density at radius 3 is 2.79 bits per heavy atom. The van der Waals surface area contributed by atoms with Crippen LogP contribution in [0.5, 0.6) is 0 Å². The van der Waals surface area contributed by atoms with E-state index >= 15 is 0 Å². The fourth-order valence-corrected chi connectivity index (χ4v) is 1.59. The predicted octanol–water partition coefficient (Wildman–Crippen LogP) is 1.40. The third-order valence-electron chi connectivity index (χ3n) is 2.33. The van der Waals surface area contributed by atoms with Crippen LogP contribution in [0.3, 0.4) is 0 Å². The maximum atomic E-state index is 9.49. The molecule has 0 radical (unpaired) electrons. The van der Waals surface area contributed by atoms with E-state index in [2.05, 4.69) is 10.1 Å². The van der Waals surface area contributed by atoms with Crippen molar-refractivity contribution in [2.75, 3.05) is 0 Å². The first kappa shape index (κ1) is 9.15. The second-order valence-electron chi connectivity index (χ2n) is 3.53. The van der Waals surface area contributed by atoms with Crippen LogP contribution in [0.15, 0.2) is 12.3 Å². The molecule has 0 aromatic carbocycles. The van der Waals surface area contributed by atoms with Crippen LogP contribution in [0.4, 0.5) is 0 Å². The van der Waals surface area contributed by atoms with Crippen molar-refractivity contribution in [2.24, 2.45) is 0 Å². The van der Waals surface area contributed by atoms with Crippen LogP contribution in [0.25, 0.3) is 5.65 Å². The largest absolute Gasteiger partial charge is 0.389 e. The average Bonchev–Trinajstić information content (AvgIpc) is 2.46. The highest BCUT2D eigenvalue weighted by Gasteiger charge is 2.10. The van der Waals surface area contributed by atoms with Gasteiger partial charge in [0.25, 0.3) is 0 Å². The van der Waals surface area contributed by atoms with Crippen molar-refractivity contribution >= 4 is 5.65 Å². The zero-order valence-electron chi connectivity index (χ0n) is 8.52. The minimum Gasteiger partial charge on any atom is -0.389 e. The molecule has 0 bridgehead atoms. The first-order valence-electron chi connectivity index (χ1n) is 4.59. The highest BCUT2D eigenvalue weighted by Crippen LogP contribution is 2.17. The summed E-state index contributed by atoms with van der Waals surface area (Å²) in [7, 11) is 0. The van der Waals surface area contributed by atoms with Crippen LogP contribution in [0.1, 0.15) is 30.0 Å². The molecule has 0 aliphatic heterocycles. The molecule has 0 saturated heterocycles. The number of aryl methyl sites for hydroxylation is 2. The van der Waals surface area contributed by atoms with Crippen molar-refractivity contribution in [3.8, 4) is 0 Å². The molecule has 2 heterocycles. The highest BCUT2D eigenvalue weighted by molar-refractivity contribution is 5.41. The Kier molecular flexibility index (Phi) is 2.00. The van der Waals surface area contributed by atoms with Crippen LogP contribution in [-0.4, -0.2) is 19.7 Å². The molecule has 4 nitrogen and oxygen atoms in total. The summed E-state index contributed by atoms with van der Waals surface area (Å²) in [6.45, 7) is 5.59. The first-order chi connectivity index (χ1) is 6.59. The van der Waals surface area contributed by atoms with E-state index in [9.17, 15) is 5.11 Å². The van der Waals surface area contributed by atoms with Gasteiger partial charge in [-0.25, -0.2) is 9.50 Å². The Hall–Kier alpha value is -1.42. The van der Waals surface area contributed by atoms with E-state index in [-0.39, 0.29) is 0 Å². The Bertz CT molecular complexity index is 473. The third-order valence-corrected chi connectivity index (χ3v) is 2.33. The van der Waals surface area contributed by atoms with E-state index in [0.717, 1.165) is 22.6 Å². The first-order valence-corrected chi connectivity index (χ1v) is 4.59. The number of hydrogen-bond acceptors (Lipinski definition) is 3. The van der Waals surface area contributed by atoms with Crippen molar-refractivity contribution < 1.29 is 5.11 Å². The van der Waals surface area contributed by atoms with Gasteiger partial charge >= 0.3 is 0 Å². The lowest BCUT2D eigenvalue weighted by Gasteiger charge is -2.08. The van der Waals surface area contributed by atoms with Crippen molar-refractivity contribution in [1.82, 2.24) is 14.6 Å². The van der Waals surface area contributed by atoms with E-state index in [1.165, 1.54) is 0 Å². The molecule has 74 valence electrons. The summed E-state index contributed by atoms with van der Waals surface area (Å²) in [4.78, 5) is 4.22. The Morgan fingerprint density at radius 1 is 1.43 bits per heavy atom.